The van der Waals surface area contributed by atoms with Gasteiger partial charge >= 0.3 is 0 Å². The first-order chi connectivity index (χ1) is 7.45. The lowest BCUT2D eigenvalue weighted by atomic mass is 10.1. The Labute approximate surface area is 93.5 Å². The van der Waals surface area contributed by atoms with Crippen molar-refractivity contribution in [1.29, 1.82) is 0 Å². The Hall–Kier alpha value is -0.780. The summed E-state index contributed by atoms with van der Waals surface area (Å²) >= 11 is 1.40. The molecule has 82 valence electrons. The SMILES string of the molecule is C1=C(CCNCc2csnn2)CCOC1. The predicted molar refractivity (Wildman–Crippen MR) is 59.8 cm³/mol. The van der Waals surface area contributed by atoms with Crippen LogP contribution in [0.3, 0.4) is 0 Å². The minimum absolute atomic E-state index is 0.783. The second-order valence-electron chi connectivity index (χ2n) is 3.51. The number of hydrogen-bond donors (Lipinski definition) is 1. The molecule has 0 bridgehead atoms. The summed E-state index contributed by atoms with van der Waals surface area (Å²) in [5.74, 6) is 0. The number of nitrogens with zero attached hydrogens (tertiary/aromatic N) is 2. The van der Waals surface area contributed by atoms with Gasteiger partial charge < -0.3 is 10.1 Å². The van der Waals surface area contributed by atoms with Crippen LogP contribution in [0.2, 0.25) is 0 Å². The van der Waals surface area contributed by atoms with Crippen LogP contribution in [0.25, 0.3) is 0 Å². The van der Waals surface area contributed by atoms with E-state index in [4.69, 9.17) is 4.74 Å². The first-order valence-corrected chi connectivity index (χ1v) is 6.01. The fourth-order valence-electron chi connectivity index (χ4n) is 1.52. The molecule has 0 fully saturated rings. The molecule has 0 amide bonds. The molecular weight excluding hydrogens is 210 g/mol. The monoisotopic (exact) mass is 225 g/mol. The first-order valence-electron chi connectivity index (χ1n) is 5.17. The van der Waals surface area contributed by atoms with Crippen LogP contribution in [0.1, 0.15) is 18.5 Å². The standard InChI is InChI=1S/C10H15N3OS/c1(9-2-5-14-6-3-9)4-11-7-10-8-15-13-12-10/h2,8,11H,1,3-7H2. The van der Waals surface area contributed by atoms with Crippen molar-refractivity contribution in [1.82, 2.24) is 14.9 Å². The molecular formula is C10H15N3OS. The zero-order valence-corrected chi connectivity index (χ0v) is 9.42. The Morgan fingerprint density at radius 2 is 2.53 bits per heavy atom. The van der Waals surface area contributed by atoms with E-state index in [-0.39, 0.29) is 0 Å². The molecule has 4 nitrogen and oxygen atoms in total. The van der Waals surface area contributed by atoms with Crippen molar-refractivity contribution in [3.05, 3.63) is 22.7 Å². The van der Waals surface area contributed by atoms with Gasteiger partial charge in [-0.15, -0.1) is 5.10 Å². The van der Waals surface area contributed by atoms with E-state index in [9.17, 15) is 0 Å². The van der Waals surface area contributed by atoms with Gasteiger partial charge in [-0.1, -0.05) is 16.1 Å². The smallest absolute Gasteiger partial charge is 0.0893 e. The number of hydrogen-bond acceptors (Lipinski definition) is 5. The highest BCUT2D eigenvalue weighted by Gasteiger charge is 2.03. The van der Waals surface area contributed by atoms with Crippen LogP contribution < -0.4 is 5.32 Å². The Bertz CT molecular complexity index is 310. The molecule has 0 aromatic carbocycles. The van der Waals surface area contributed by atoms with Gasteiger partial charge in [0, 0.05) is 11.9 Å². The van der Waals surface area contributed by atoms with Gasteiger partial charge in [0.05, 0.1) is 18.9 Å². The average molecular weight is 225 g/mol. The summed E-state index contributed by atoms with van der Waals surface area (Å²) in [4.78, 5) is 0. The average Bonchev–Trinajstić information content (AvgIpc) is 2.79. The first kappa shape index (κ1) is 10.7. The third kappa shape index (κ3) is 3.70. The Kier molecular flexibility index (Phi) is 4.25. The summed E-state index contributed by atoms with van der Waals surface area (Å²) in [5.41, 5.74) is 2.53. The largest absolute Gasteiger partial charge is 0.377 e. The molecule has 1 N–H and O–H groups in total. The molecule has 2 rings (SSSR count). The number of nitrogens with one attached hydrogen (secondary N) is 1. The van der Waals surface area contributed by atoms with Crippen LogP contribution in [-0.4, -0.2) is 29.3 Å². The molecule has 15 heavy (non-hydrogen) atoms. The summed E-state index contributed by atoms with van der Waals surface area (Å²) in [7, 11) is 0. The molecule has 0 unspecified atom stereocenters. The van der Waals surface area contributed by atoms with Gasteiger partial charge in [-0.05, 0) is 30.9 Å². The van der Waals surface area contributed by atoms with E-state index in [0.717, 1.165) is 44.8 Å². The number of aromatic nitrogens is 2. The van der Waals surface area contributed by atoms with Crippen molar-refractivity contribution < 1.29 is 4.74 Å². The molecule has 0 atom stereocenters. The molecule has 0 saturated carbocycles. The van der Waals surface area contributed by atoms with Crippen LogP contribution in [0, 0.1) is 0 Å². The van der Waals surface area contributed by atoms with Gasteiger partial charge in [0.2, 0.25) is 0 Å². The summed E-state index contributed by atoms with van der Waals surface area (Å²) in [5, 5.41) is 9.30. The molecule has 2 heterocycles. The molecule has 1 aliphatic rings. The van der Waals surface area contributed by atoms with E-state index in [1.165, 1.54) is 17.1 Å². The Morgan fingerprint density at radius 1 is 1.53 bits per heavy atom. The van der Waals surface area contributed by atoms with E-state index < -0.39 is 0 Å². The number of rotatable bonds is 5. The van der Waals surface area contributed by atoms with Gasteiger partial charge in [0.15, 0.2) is 0 Å². The van der Waals surface area contributed by atoms with Crippen molar-refractivity contribution in [2.24, 2.45) is 0 Å². The zero-order valence-electron chi connectivity index (χ0n) is 8.61. The summed E-state index contributed by atoms with van der Waals surface area (Å²) in [6.07, 6.45) is 4.39. The highest BCUT2D eigenvalue weighted by Crippen LogP contribution is 2.10. The van der Waals surface area contributed by atoms with E-state index >= 15 is 0 Å². The van der Waals surface area contributed by atoms with Gasteiger partial charge in [0.1, 0.15) is 0 Å². The minimum atomic E-state index is 0.783. The minimum Gasteiger partial charge on any atom is -0.377 e. The Morgan fingerprint density at radius 3 is 3.27 bits per heavy atom. The van der Waals surface area contributed by atoms with Crippen molar-refractivity contribution in [2.45, 2.75) is 19.4 Å². The maximum Gasteiger partial charge on any atom is 0.0893 e. The van der Waals surface area contributed by atoms with E-state index in [2.05, 4.69) is 21.0 Å². The summed E-state index contributed by atoms with van der Waals surface area (Å²) in [6, 6.07) is 0. The lowest BCUT2D eigenvalue weighted by Gasteiger charge is -2.13. The molecule has 5 heteroatoms. The lowest BCUT2D eigenvalue weighted by Crippen LogP contribution is -2.17. The van der Waals surface area contributed by atoms with Crippen LogP contribution in [-0.2, 0) is 11.3 Å². The van der Waals surface area contributed by atoms with E-state index in [1.54, 1.807) is 0 Å². The highest BCUT2D eigenvalue weighted by molar-refractivity contribution is 7.03. The molecule has 1 aliphatic heterocycles. The van der Waals surface area contributed by atoms with Gasteiger partial charge in [-0.25, -0.2) is 0 Å². The predicted octanol–water partition coefficient (Wildman–Crippen LogP) is 1.36. The van der Waals surface area contributed by atoms with Crippen molar-refractivity contribution >= 4 is 11.5 Å². The molecule has 0 spiro atoms. The molecule has 0 saturated heterocycles. The van der Waals surface area contributed by atoms with Crippen LogP contribution in [0.5, 0.6) is 0 Å². The van der Waals surface area contributed by atoms with Gasteiger partial charge in [0.25, 0.3) is 0 Å². The second kappa shape index (κ2) is 5.95. The van der Waals surface area contributed by atoms with Gasteiger partial charge in [-0.3, -0.25) is 0 Å². The third-order valence-corrected chi connectivity index (χ3v) is 2.94. The second-order valence-corrected chi connectivity index (χ2v) is 4.12. The molecule has 1 aromatic rings. The van der Waals surface area contributed by atoms with Crippen molar-refractivity contribution in [3.8, 4) is 0 Å². The van der Waals surface area contributed by atoms with E-state index in [1.807, 2.05) is 5.38 Å². The maximum absolute atomic E-state index is 5.25. The van der Waals surface area contributed by atoms with Crippen molar-refractivity contribution in [3.63, 3.8) is 0 Å². The van der Waals surface area contributed by atoms with E-state index in [0.29, 0.717) is 0 Å². The highest BCUT2D eigenvalue weighted by atomic mass is 32.1. The fraction of sp³-hybridized carbons (Fsp3) is 0.600. The summed E-state index contributed by atoms with van der Waals surface area (Å²) in [6.45, 7) is 3.48. The molecule has 0 radical (unpaired) electrons. The van der Waals surface area contributed by atoms with Crippen LogP contribution in [0.15, 0.2) is 17.0 Å². The Balaban J connectivity index is 1.60. The normalized spacial score (nSPS) is 16.4. The quantitative estimate of drug-likeness (QED) is 0.607. The molecule has 1 aromatic heterocycles. The van der Waals surface area contributed by atoms with Crippen molar-refractivity contribution in [2.75, 3.05) is 19.8 Å². The zero-order chi connectivity index (χ0) is 10.3. The lowest BCUT2D eigenvalue weighted by molar-refractivity contribution is 0.153. The van der Waals surface area contributed by atoms with Crippen LogP contribution in [0.4, 0.5) is 0 Å². The third-order valence-electron chi connectivity index (χ3n) is 2.39. The fourth-order valence-corrected chi connectivity index (χ4v) is 1.97. The summed E-state index contributed by atoms with van der Waals surface area (Å²) < 4.78 is 9.07. The maximum atomic E-state index is 5.25. The molecule has 0 aliphatic carbocycles. The van der Waals surface area contributed by atoms with Gasteiger partial charge in [-0.2, -0.15) is 0 Å². The topological polar surface area (TPSA) is 47.0 Å². The number of ether oxygens (including phenoxy) is 1. The van der Waals surface area contributed by atoms with Crippen LogP contribution >= 0.6 is 11.5 Å².